The fourth-order valence-corrected chi connectivity index (χ4v) is 1.54. The largest absolute Gasteiger partial charge is 0.462 e. The van der Waals surface area contributed by atoms with Crippen molar-refractivity contribution in [1.29, 1.82) is 0 Å². The Morgan fingerprint density at radius 3 is 2.00 bits per heavy atom. The molecule has 1 rings (SSSR count). The quantitative estimate of drug-likeness (QED) is 0.402. The summed E-state index contributed by atoms with van der Waals surface area (Å²) in [6.45, 7) is 6.43. The fourth-order valence-electron chi connectivity index (χ4n) is 1.54. The van der Waals surface area contributed by atoms with Crippen LogP contribution in [0.4, 0.5) is 0 Å². The molecule has 4 heteroatoms. The van der Waals surface area contributed by atoms with Gasteiger partial charge in [-0.3, -0.25) is 9.59 Å². The molecule has 0 aromatic carbocycles. The van der Waals surface area contributed by atoms with Crippen LogP contribution in [0.5, 0.6) is 0 Å². The van der Waals surface area contributed by atoms with Crippen LogP contribution in [-0.2, 0) is 19.1 Å². The Labute approximate surface area is 94.0 Å². The van der Waals surface area contributed by atoms with E-state index in [1.54, 1.807) is 20.8 Å². The van der Waals surface area contributed by atoms with Gasteiger partial charge < -0.3 is 4.74 Å². The number of carbonyl (C=O) groups is 3. The Morgan fingerprint density at radius 2 is 1.50 bits per heavy atom. The normalized spacial score (nSPS) is 17.0. The van der Waals surface area contributed by atoms with Crippen LogP contribution in [-0.4, -0.2) is 24.1 Å². The number of Topliss-reactive ketones (excluding diaryl/α,β-unsaturated/α-hetero) is 2. The molecule has 86 valence electrons. The van der Waals surface area contributed by atoms with E-state index >= 15 is 0 Å². The van der Waals surface area contributed by atoms with Crippen LogP contribution >= 0.6 is 0 Å². The van der Waals surface area contributed by atoms with E-state index in [2.05, 4.69) is 0 Å². The van der Waals surface area contributed by atoms with Gasteiger partial charge in [0.1, 0.15) is 5.57 Å². The van der Waals surface area contributed by atoms with E-state index in [1.165, 1.54) is 6.92 Å². The second kappa shape index (κ2) is 4.43. The van der Waals surface area contributed by atoms with Gasteiger partial charge in [0.25, 0.3) is 0 Å². The molecule has 1 aliphatic rings. The summed E-state index contributed by atoms with van der Waals surface area (Å²) >= 11 is 0. The topological polar surface area (TPSA) is 60.4 Å². The first-order chi connectivity index (χ1) is 7.41. The molecule has 0 atom stereocenters. The Bertz CT molecular complexity index is 438. The minimum absolute atomic E-state index is 0.130. The molecule has 0 unspecified atom stereocenters. The number of hydrogen-bond donors (Lipinski definition) is 0. The highest BCUT2D eigenvalue weighted by molar-refractivity contribution is 6.33. The molecule has 0 aromatic rings. The summed E-state index contributed by atoms with van der Waals surface area (Å²) in [4.78, 5) is 35.1. The van der Waals surface area contributed by atoms with Crippen molar-refractivity contribution in [1.82, 2.24) is 0 Å². The molecule has 16 heavy (non-hydrogen) atoms. The second-order valence-electron chi connectivity index (χ2n) is 3.63. The maximum absolute atomic E-state index is 11.8. The molecule has 0 aromatic heterocycles. The van der Waals surface area contributed by atoms with Gasteiger partial charge in [-0.2, -0.15) is 0 Å². The van der Waals surface area contributed by atoms with E-state index in [0.29, 0.717) is 11.1 Å². The number of hydrogen-bond acceptors (Lipinski definition) is 4. The van der Waals surface area contributed by atoms with Gasteiger partial charge in [0, 0.05) is 16.7 Å². The van der Waals surface area contributed by atoms with Gasteiger partial charge in [-0.15, -0.1) is 0 Å². The average Bonchev–Trinajstić information content (AvgIpc) is 2.24. The van der Waals surface area contributed by atoms with Gasteiger partial charge in [-0.1, -0.05) is 0 Å². The zero-order valence-electron chi connectivity index (χ0n) is 9.84. The zero-order chi connectivity index (χ0) is 12.5. The number of allylic oxidation sites excluding steroid dienone is 3. The molecule has 0 saturated heterocycles. The predicted molar refractivity (Wildman–Crippen MR) is 57.7 cm³/mol. The summed E-state index contributed by atoms with van der Waals surface area (Å²) in [5.41, 5.74) is 0.760. The lowest BCUT2D eigenvalue weighted by Crippen LogP contribution is -2.26. The van der Waals surface area contributed by atoms with Crippen molar-refractivity contribution in [2.75, 3.05) is 6.61 Å². The summed E-state index contributed by atoms with van der Waals surface area (Å²) in [7, 11) is 0. The molecule has 0 fully saturated rings. The number of ether oxygens (including phenoxy) is 1. The van der Waals surface area contributed by atoms with Gasteiger partial charge in [0.05, 0.1) is 6.61 Å². The van der Waals surface area contributed by atoms with E-state index < -0.39 is 11.8 Å². The van der Waals surface area contributed by atoms with Crippen molar-refractivity contribution in [2.24, 2.45) is 0 Å². The number of rotatable bonds is 2. The monoisotopic (exact) mass is 222 g/mol. The molecular weight excluding hydrogens is 208 g/mol. The molecule has 0 aliphatic heterocycles. The van der Waals surface area contributed by atoms with E-state index in [-0.39, 0.29) is 23.5 Å². The van der Waals surface area contributed by atoms with Crippen molar-refractivity contribution in [3.05, 3.63) is 22.3 Å². The molecule has 0 spiro atoms. The lowest BCUT2D eigenvalue weighted by atomic mass is 9.86. The van der Waals surface area contributed by atoms with E-state index in [9.17, 15) is 14.4 Å². The van der Waals surface area contributed by atoms with Crippen LogP contribution in [0.3, 0.4) is 0 Å². The molecule has 0 N–H and O–H groups in total. The third-order valence-corrected chi connectivity index (χ3v) is 2.67. The molecule has 1 aliphatic carbocycles. The lowest BCUT2D eigenvalue weighted by Gasteiger charge is -2.16. The Hall–Kier alpha value is -1.71. The summed E-state index contributed by atoms with van der Waals surface area (Å²) in [5.74, 6) is -1.39. The first kappa shape index (κ1) is 12.4. The van der Waals surface area contributed by atoms with Crippen LogP contribution < -0.4 is 0 Å². The molecule has 0 amide bonds. The summed E-state index contributed by atoms with van der Waals surface area (Å²) in [6, 6.07) is 0. The molecule has 4 nitrogen and oxygen atoms in total. The third kappa shape index (κ3) is 1.83. The molecular formula is C12H14O4. The highest BCUT2D eigenvalue weighted by Crippen LogP contribution is 2.24. The summed E-state index contributed by atoms with van der Waals surface area (Å²) in [6.07, 6.45) is 0. The maximum atomic E-state index is 11.8. The highest BCUT2D eigenvalue weighted by Gasteiger charge is 2.32. The summed E-state index contributed by atoms with van der Waals surface area (Å²) in [5, 5.41) is 0. The number of carbonyl (C=O) groups excluding carboxylic acids is 3. The number of ketones is 2. The van der Waals surface area contributed by atoms with Crippen molar-refractivity contribution in [3.63, 3.8) is 0 Å². The van der Waals surface area contributed by atoms with Crippen LogP contribution in [0.2, 0.25) is 0 Å². The van der Waals surface area contributed by atoms with Gasteiger partial charge in [-0.25, -0.2) is 4.79 Å². The number of esters is 1. The first-order valence-electron chi connectivity index (χ1n) is 5.06. The van der Waals surface area contributed by atoms with Gasteiger partial charge in [0.2, 0.25) is 0 Å². The van der Waals surface area contributed by atoms with Crippen LogP contribution in [0, 0.1) is 0 Å². The predicted octanol–water partition coefficient (Wildman–Crippen LogP) is 1.35. The molecule has 0 bridgehead atoms. The minimum atomic E-state index is -0.717. The molecule has 0 saturated carbocycles. The van der Waals surface area contributed by atoms with Gasteiger partial charge >= 0.3 is 5.97 Å². The second-order valence-corrected chi connectivity index (χ2v) is 3.63. The third-order valence-electron chi connectivity index (χ3n) is 2.67. The van der Waals surface area contributed by atoms with Gasteiger partial charge in [0.15, 0.2) is 11.6 Å². The zero-order valence-corrected chi connectivity index (χ0v) is 9.84. The van der Waals surface area contributed by atoms with E-state index in [0.717, 1.165) is 0 Å². The standard InChI is InChI=1S/C12H14O4/c1-5-16-12(15)9-8(4)10(13)6(2)7(3)11(9)14/h5H2,1-4H3. The van der Waals surface area contributed by atoms with E-state index in [4.69, 9.17) is 4.74 Å². The first-order valence-corrected chi connectivity index (χ1v) is 5.06. The van der Waals surface area contributed by atoms with Crippen molar-refractivity contribution >= 4 is 17.5 Å². The van der Waals surface area contributed by atoms with Crippen LogP contribution in [0.1, 0.15) is 27.7 Å². The smallest absolute Gasteiger partial charge is 0.342 e. The fraction of sp³-hybridized carbons (Fsp3) is 0.417. The summed E-state index contributed by atoms with van der Waals surface area (Å²) < 4.78 is 4.76. The Kier molecular flexibility index (Phi) is 3.42. The average molecular weight is 222 g/mol. The maximum Gasteiger partial charge on any atom is 0.342 e. The highest BCUT2D eigenvalue weighted by atomic mass is 16.5. The lowest BCUT2D eigenvalue weighted by molar-refractivity contribution is -0.140. The van der Waals surface area contributed by atoms with Crippen molar-refractivity contribution in [2.45, 2.75) is 27.7 Å². The SMILES string of the molecule is CCOC(=O)C1=C(C)C(=O)C(C)=C(C)C1=O. The molecule has 0 heterocycles. The van der Waals surface area contributed by atoms with Crippen LogP contribution in [0.25, 0.3) is 0 Å². The van der Waals surface area contributed by atoms with Crippen molar-refractivity contribution < 1.29 is 19.1 Å². The van der Waals surface area contributed by atoms with E-state index in [1.807, 2.05) is 0 Å². The minimum Gasteiger partial charge on any atom is -0.462 e. The molecule has 0 radical (unpaired) electrons. The van der Waals surface area contributed by atoms with Gasteiger partial charge in [-0.05, 0) is 27.7 Å². The Balaban J connectivity index is 3.24. The van der Waals surface area contributed by atoms with Crippen molar-refractivity contribution in [3.8, 4) is 0 Å². The Morgan fingerprint density at radius 1 is 1.00 bits per heavy atom. The van der Waals surface area contributed by atoms with Crippen LogP contribution in [0.15, 0.2) is 22.3 Å².